The molecule has 3 aromatic carbocycles. The summed E-state index contributed by atoms with van der Waals surface area (Å²) in [7, 11) is 0. The van der Waals surface area contributed by atoms with Crippen LogP contribution in [0.2, 0.25) is 5.02 Å². The first kappa shape index (κ1) is 37.6. The molecule has 13 heteroatoms. The Morgan fingerprint density at radius 2 is 1.57 bits per heavy atom. The minimum atomic E-state index is -0.954. The van der Waals surface area contributed by atoms with Gasteiger partial charge in [-0.2, -0.15) is 4.98 Å². The molecule has 6 aliphatic rings. The maximum Gasteiger partial charge on any atom is 0.282 e. The highest BCUT2D eigenvalue weighted by atomic mass is 35.5. The van der Waals surface area contributed by atoms with Gasteiger partial charge in [0, 0.05) is 57.2 Å². The van der Waals surface area contributed by atoms with Crippen molar-refractivity contribution >= 4 is 51.6 Å². The third-order valence-corrected chi connectivity index (χ3v) is 14.3. The molecule has 1 spiro atoms. The van der Waals surface area contributed by atoms with Crippen molar-refractivity contribution in [2.24, 2.45) is 11.8 Å². The topological polar surface area (TPSA) is 99.1 Å². The summed E-state index contributed by atoms with van der Waals surface area (Å²) in [5.74, 6) is -1.57. The lowest BCUT2D eigenvalue weighted by Gasteiger charge is -2.44. The fraction of sp³-hybridized carbons (Fsp3) is 0.489. The molecule has 10 rings (SSSR count). The van der Waals surface area contributed by atoms with Crippen molar-refractivity contribution in [2.45, 2.75) is 82.0 Å². The Morgan fingerprint density at radius 3 is 2.29 bits per heavy atom. The lowest BCUT2D eigenvalue weighted by atomic mass is 9.69. The quantitative estimate of drug-likeness (QED) is 0.192. The molecule has 4 aromatic rings. The zero-order chi connectivity index (χ0) is 39.9. The summed E-state index contributed by atoms with van der Waals surface area (Å²) in [6.45, 7) is 5.21. The molecule has 1 aliphatic carbocycles. The van der Waals surface area contributed by atoms with Crippen molar-refractivity contribution in [3.63, 3.8) is 0 Å². The number of hydrogen-bond donors (Lipinski definition) is 0. The number of carbonyl (C=O) groups excluding carboxylic acids is 3. The van der Waals surface area contributed by atoms with E-state index in [2.05, 4.69) is 27.7 Å². The molecule has 58 heavy (non-hydrogen) atoms. The molecule has 1 aromatic heterocycles. The molecule has 3 amide bonds. The van der Waals surface area contributed by atoms with Crippen LogP contribution < -0.4 is 15.4 Å². The molecule has 0 unspecified atom stereocenters. The van der Waals surface area contributed by atoms with Crippen molar-refractivity contribution in [3.8, 4) is 5.69 Å². The predicted molar refractivity (Wildman–Crippen MR) is 218 cm³/mol. The second-order valence-corrected chi connectivity index (χ2v) is 17.9. The molecule has 0 N–H and O–H groups in total. The van der Waals surface area contributed by atoms with Crippen LogP contribution in [0.5, 0.6) is 0 Å². The van der Waals surface area contributed by atoms with Gasteiger partial charge in [-0.25, -0.2) is 13.7 Å². The molecular formula is C45H47ClF2N6O4. The summed E-state index contributed by atoms with van der Waals surface area (Å²) >= 11 is 6.59. The van der Waals surface area contributed by atoms with Crippen LogP contribution in [0, 0.1) is 23.5 Å². The SMILES string of the molecule is O=C([C@@H]1CCN(c2cc(F)c(N3C(=O)CCCC3=O)c(F)c2)C1)N1CC(CN2CCC(c3ccc4c(c3)-n3c(nc(=O)c5c(Cl)cccc53)C43CCCCC3)CC2)C1. The van der Waals surface area contributed by atoms with Gasteiger partial charge < -0.3 is 14.7 Å². The summed E-state index contributed by atoms with van der Waals surface area (Å²) < 4.78 is 32.6. The maximum absolute atomic E-state index is 15.2. The molecule has 5 fully saturated rings. The van der Waals surface area contributed by atoms with Crippen LogP contribution in [0.15, 0.2) is 53.3 Å². The zero-order valence-electron chi connectivity index (χ0n) is 32.5. The van der Waals surface area contributed by atoms with Crippen LogP contribution in [0.25, 0.3) is 16.6 Å². The number of halogens is 3. The molecule has 6 heterocycles. The molecular weight excluding hydrogens is 762 g/mol. The fourth-order valence-corrected chi connectivity index (χ4v) is 11.3. The number of amides is 3. The summed E-state index contributed by atoms with van der Waals surface area (Å²) in [6, 6.07) is 15.0. The number of likely N-dealkylation sites (tertiary alicyclic amines) is 2. The highest BCUT2D eigenvalue weighted by Gasteiger charge is 2.47. The van der Waals surface area contributed by atoms with Gasteiger partial charge in [0.05, 0.1) is 32.9 Å². The smallest absolute Gasteiger partial charge is 0.282 e. The minimum absolute atomic E-state index is 0.0734. The molecule has 5 aliphatic heterocycles. The van der Waals surface area contributed by atoms with Crippen LogP contribution in [0.4, 0.5) is 20.2 Å². The summed E-state index contributed by atoms with van der Waals surface area (Å²) in [5, 5.41) is 0.918. The van der Waals surface area contributed by atoms with Gasteiger partial charge in [0.1, 0.15) is 11.5 Å². The Balaban J connectivity index is 0.755. The highest BCUT2D eigenvalue weighted by molar-refractivity contribution is 6.35. The van der Waals surface area contributed by atoms with Crippen molar-refractivity contribution < 1.29 is 23.2 Å². The number of fused-ring (bicyclic) bond motifs is 7. The average molecular weight is 809 g/mol. The van der Waals surface area contributed by atoms with E-state index in [-0.39, 0.29) is 35.6 Å². The van der Waals surface area contributed by atoms with E-state index >= 15 is 8.78 Å². The third-order valence-electron chi connectivity index (χ3n) is 14.0. The monoisotopic (exact) mass is 808 g/mol. The van der Waals surface area contributed by atoms with Crippen LogP contribution in [0.3, 0.4) is 0 Å². The first-order valence-electron chi connectivity index (χ1n) is 21.1. The normalized spacial score (nSPS) is 22.5. The van der Waals surface area contributed by atoms with E-state index in [1.54, 1.807) is 6.07 Å². The van der Waals surface area contributed by atoms with Gasteiger partial charge >= 0.3 is 0 Å². The molecule has 0 radical (unpaired) electrons. The first-order valence-corrected chi connectivity index (χ1v) is 21.4. The van der Waals surface area contributed by atoms with Gasteiger partial charge in [0.15, 0.2) is 11.6 Å². The number of carbonyl (C=O) groups is 3. The number of piperidine rings is 2. The molecule has 0 bridgehead atoms. The van der Waals surface area contributed by atoms with Gasteiger partial charge in [0.25, 0.3) is 5.56 Å². The number of imide groups is 1. The summed E-state index contributed by atoms with van der Waals surface area (Å²) in [4.78, 5) is 63.2. The maximum atomic E-state index is 15.2. The second-order valence-electron chi connectivity index (χ2n) is 17.5. The Morgan fingerprint density at radius 1 is 0.845 bits per heavy atom. The highest BCUT2D eigenvalue weighted by Crippen LogP contribution is 2.52. The van der Waals surface area contributed by atoms with Crippen molar-refractivity contribution in [3.05, 3.63) is 92.5 Å². The standard InChI is InChI=1S/C45H47ClF2N6O4/c46-33-6-4-7-36-40(33)42(57)49-44-45(15-2-1-3-16-45)32-11-10-29(20-37(32)53(36)44)28-12-17-50(18-13-28)23-27-24-52(25-27)43(58)30-14-19-51(26-30)31-21-34(47)41(35(48)22-31)54-38(55)8-5-9-39(54)56/h4,6-7,10-11,20-22,27-28,30H,1-3,5,8-9,12-19,23-26H2/t30-/m1/s1. The van der Waals surface area contributed by atoms with Gasteiger partial charge in [-0.1, -0.05) is 49.1 Å². The molecule has 10 nitrogen and oxygen atoms in total. The van der Waals surface area contributed by atoms with E-state index in [9.17, 15) is 19.2 Å². The summed E-state index contributed by atoms with van der Waals surface area (Å²) in [6.07, 6.45) is 8.63. The van der Waals surface area contributed by atoms with E-state index in [4.69, 9.17) is 16.6 Å². The largest absolute Gasteiger partial charge is 0.371 e. The van der Waals surface area contributed by atoms with Crippen LogP contribution in [0.1, 0.15) is 93.5 Å². The lowest BCUT2D eigenvalue weighted by Crippen LogP contribution is -2.56. The van der Waals surface area contributed by atoms with Gasteiger partial charge in [-0.05, 0) is 99.0 Å². The fourth-order valence-electron chi connectivity index (χ4n) is 11.0. The Hall–Kier alpha value is -4.68. The number of rotatable bonds is 6. The average Bonchev–Trinajstić information content (AvgIpc) is 3.79. The van der Waals surface area contributed by atoms with Gasteiger partial charge in [-0.15, -0.1) is 0 Å². The Labute approximate surface area is 340 Å². The van der Waals surface area contributed by atoms with Crippen molar-refractivity contribution in [1.82, 2.24) is 19.4 Å². The minimum Gasteiger partial charge on any atom is -0.371 e. The van der Waals surface area contributed by atoms with Gasteiger partial charge in [-0.3, -0.25) is 23.7 Å². The van der Waals surface area contributed by atoms with E-state index in [1.807, 2.05) is 21.9 Å². The van der Waals surface area contributed by atoms with E-state index in [0.717, 1.165) is 87.3 Å². The lowest BCUT2D eigenvalue weighted by molar-refractivity contribution is -0.141. The van der Waals surface area contributed by atoms with Crippen LogP contribution >= 0.6 is 11.6 Å². The van der Waals surface area contributed by atoms with Crippen molar-refractivity contribution in [2.75, 3.05) is 55.6 Å². The number of aromatic nitrogens is 2. The number of anilines is 2. The van der Waals surface area contributed by atoms with Crippen molar-refractivity contribution in [1.29, 1.82) is 0 Å². The predicted octanol–water partition coefficient (Wildman–Crippen LogP) is 7.09. The first-order chi connectivity index (χ1) is 28.1. The molecule has 1 saturated carbocycles. The molecule has 302 valence electrons. The third kappa shape index (κ3) is 6.15. The Kier molecular flexibility index (Phi) is 9.43. The van der Waals surface area contributed by atoms with E-state index in [1.165, 1.54) is 17.5 Å². The van der Waals surface area contributed by atoms with Crippen LogP contribution in [-0.4, -0.2) is 82.9 Å². The summed E-state index contributed by atoms with van der Waals surface area (Å²) in [5.41, 5.74) is 3.78. The zero-order valence-corrected chi connectivity index (χ0v) is 33.3. The van der Waals surface area contributed by atoms with Gasteiger partial charge in [0.2, 0.25) is 17.7 Å². The second kappa shape index (κ2) is 14.5. The molecule has 4 saturated heterocycles. The van der Waals surface area contributed by atoms with E-state index in [0.29, 0.717) is 71.9 Å². The number of hydrogen-bond acceptors (Lipinski definition) is 7. The van der Waals surface area contributed by atoms with E-state index < -0.39 is 29.1 Å². The molecule has 1 atom stereocenters. The number of benzene rings is 3. The number of nitrogens with zero attached hydrogens (tertiary/aromatic N) is 6. The van der Waals surface area contributed by atoms with Crippen LogP contribution in [-0.2, 0) is 19.8 Å². The Bertz CT molecular complexity index is 2380.